The molecule has 0 radical (unpaired) electrons. The largest absolute Gasteiger partial charge is 0.291 e. The zero-order chi connectivity index (χ0) is 25.7. The van der Waals surface area contributed by atoms with E-state index in [0.717, 1.165) is 11.2 Å². The van der Waals surface area contributed by atoms with E-state index in [4.69, 9.17) is 4.98 Å². The van der Waals surface area contributed by atoms with Crippen LogP contribution in [0.15, 0.2) is 84.9 Å². The van der Waals surface area contributed by atoms with Crippen molar-refractivity contribution < 1.29 is 0 Å². The van der Waals surface area contributed by atoms with E-state index in [2.05, 4.69) is 131 Å². The van der Waals surface area contributed by atoms with Crippen molar-refractivity contribution in [2.45, 2.75) is 52.4 Å². The molecule has 5 aromatic carbocycles. The summed E-state index contributed by atoms with van der Waals surface area (Å²) in [5, 5.41) is 8.83. The SMILES string of the molecule is CC(C)(C)c1cc(C(C)(C)C)c2c3ccccc3n3c(nc4c5ccccc5c5ccccc5c43)c2c1. The number of fused-ring (bicyclic) bond motifs is 13. The standard InChI is InChI=1S/C35H32N2/c1-34(2,3)21-19-27-30(28(20-21)35(4,5)6)26-17-11-12-18-29(26)37-32-25-16-10-8-14-23(25)22-13-7-9-15-24(22)31(32)36-33(27)37/h7-20H,1-6H3. The van der Waals surface area contributed by atoms with Crippen molar-refractivity contribution in [3.8, 4) is 0 Å². The van der Waals surface area contributed by atoms with Crippen LogP contribution in [0.4, 0.5) is 0 Å². The Balaban J connectivity index is 1.87. The first-order chi connectivity index (χ1) is 17.6. The number of benzene rings is 5. The molecule has 2 aromatic heterocycles. The summed E-state index contributed by atoms with van der Waals surface area (Å²) in [5.41, 5.74) is 7.28. The monoisotopic (exact) mass is 480 g/mol. The highest BCUT2D eigenvalue weighted by Crippen LogP contribution is 2.43. The summed E-state index contributed by atoms with van der Waals surface area (Å²) in [5.74, 6) is 0. The molecule has 0 atom stereocenters. The quantitative estimate of drug-likeness (QED) is 0.197. The van der Waals surface area contributed by atoms with Crippen LogP contribution in [0.1, 0.15) is 52.7 Å². The molecule has 2 heterocycles. The predicted octanol–water partition coefficient (Wildman–Crippen LogP) is 9.70. The fourth-order valence-electron chi connectivity index (χ4n) is 6.13. The Kier molecular flexibility index (Phi) is 4.41. The number of hydrogen-bond donors (Lipinski definition) is 0. The van der Waals surface area contributed by atoms with Crippen molar-refractivity contribution in [3.05, 3.63) is 96.1 Å². The topological polar surface area (TPSA) is 17.3 Å². The molecule has 7 aromatic rings. The molecule has 37 heavy (non-hydrogen) atoms. The molecule has 0 aliphatic carbocycles. The third kappa shape index (κ3) is 3.08. The van der Waals surface area contributed by atoms with Gasteiger partial charge in [0.05, 0.1) is 16.6 Å². The number of pyridine rings is 1. The lowest BCUT2D eigenvalue weighted by Crippen LogP contribution is -2.17. The average Bonchev–Trinajstić information content (AvgIpc) is 3.29. The highest BCUT2D eigenvalue weighted by atomic mass is 15.0. The van der Waals surface area contributed by atoms with Crippen LogP contribution in [0.25, 0.3) is 59.9 Å². The minimum Gasteiger partial charge on any atom is -0.291 e. The van der Waals surface area contributed by atoms with Crippen LogP contribution < -0.4 is 0 Å². The van der Waals surface area contributed by atoms with Crippen molar-refractivity contribution in [3.63, 3.8) is 0 Å². The van der Waals surface area contributed by atoms with Gasteiger partial charge in [-0.2, -0.15) is 0 Å². The number of rotatable bonds is 0. The second-order valence-corrected chi connectivity index (χ2v) is 12.5. The molecule has 2 heteroatoms. The van der Waals surface area contributed by atoms with E-state index in [1.165, 1.54) is 59.9 Å². The van der Waals surface area contributed by atoms with E-state index in [-0.39, 0.29) is 10.8 Å². The van der Waals surface area contributed by atoms with Crippen LogP contribution in [-0.2, 0) is 10.8 Å². The van der Waals surface area contributed by atoms with Crippen molar-refractivity contribution in [2.24, 2.45) is 0 Å². The molecular formula is C35H32N2. The fraction of sp³-hybridized carbons (Fsp3) is 0.229. The maximum absolute atomic E-state index is 5.48. The predicted molar refractivity (Wildman–Crippen MR) is 160 cm³/mol. The minimum atomic E-state index is -0.00790. The van der Waals surface area contributed by atoms with Crippen LogP contribution in [0.5, 0.6) is 0 Å². The molecule has 7 rings (SSSR count). The molecule has 0 saturated heterocycles. The lowest BCUT2D eigenvalue weighted by atomic mass is 9.77. The summed E-state index contributed by atoms with van der Waals surface area (Å²) in [6, 6.07) is 31.2. The fourth-order valence-corrected chi connectivity index (χ4v) is 6.13. The Labute approximate surface area is 217 Å². The van der Waals surface area contributed by atoms with Crippen LogP contribution in [0.2, 0.25) is 0 Å². The number of hydrogen-bond acceptors (Lipinski definition) is 1. The first-order valence-electron chi connectivity index (χ1n) is 13.3. The minimum absolute atomic E-state index is 0.00790. The molecule has 0 saturated carbocycles. The number of para-hydroxylation sites is 1. The smallest absolute Gasteiger partial charge is 0.146 e. The molecule has 0 aliphatic rings. The lowest BCUT2D eigenvalue weighted by Gasteiger charge is -2.28. The Bertz CT molecular complexity index is 2040. The van der Waals surface area contributed by atoms with Crippen molar-refractivity contribution in [1.29, 1.82) is 0 Å². The summed E-state index contributed by atoms with van der Waals surface area (Å²) in [7, 11) is 0. The maximum atomic E-state index is 5.48. The van der Waals surface area contributed by atoms with Gasteiger partial charge in [-0.3, -0.25) is 4.40 Å². The lowest BCUT2D eigenvalue weighted by molar-refractivity contribution is 0.573. The van der Waals surface area contributed by atoms with E-state index in [1.54, 1.807) is 0 Å². The molecule has 182 valence electrons. The molecule has 0 bridgehead atoms. The van der Waals surface area contributed by atoms with Crippen molar-refractivity contribution >= 4 is 59.9 Å². The summed E-state index contributed by atoms with van der Waals surface area (Å²) in [6.45, 7) is 13.9. The summed E-state index contributed by atoms with van der Waals surface area (Å²) in [4.78, 5) is 5.48. The van der Waals surface area contributed by atoms with Gasteiger partial charge in [-0.25, -0.2) is 4.98 Å². The normalized spacial score (nSPS) is 13.1. The van der Waals surface area contributed by atoms with Crippen molar-refractivity contribution in [1.82, 2.24) is 9.38 Å². The zero-order valence-corrected chi connectivity index (χ0v) is 22.5. The van der Waals surface area contributed by atoms with Gasteiger partial charge in [-0.1, -0.05) is 114 Å². The first kappa shape index (κ1) is 22.3. The van der Waals surface area contributed by atoms with Crippen LogP contribution in [0, 0.1) is 0 Å². The van der Waals surface area contributed by atoms with Gasteiger partial charge >= 0.3 is 0 Å². The Morgan fingerprint density at radius 1 is 0.568 bits per heavy atom. The third-order valence-corrected chi connectivity index (χ3v) is 8.00. The molecule has 0 N–H and O–H groups in total. The molecule has 0 spiro atoms. The molecule has 0 fully saturated rings. The van der Waals surface area contributed by atoms with E-state index in [0.29, 0.717) is 0 Å². The highest BCUT2D eigenvalue weighted by molar-refractivity contribution is 6.26. The molecule has 0 unspecified atom stereocenters. The van der Waals surface area contributed by atoms with E-state index in [9.17, 15) is 0 Å². The average molecular weight is 481 g/mol. The van der Waals surface area contributed by atoms with Gasteiger partial charge in [0, 0.05) is 21.5 Å². The number of nitrogens with zero attached hydrogens (tertiary/aromatic N) is 2. The Morgan fingerprint density at radius 2 is 1.14 bits per heavy atom. The highest BCUT2D eigenvalue weighted by Gasteiger charge is 2.26. The summed E-state index contributed by atoms with van der Waals surface area (Å²) in [6.07, 6.45) is 0. The van der Waals surface area contributed by atoms with E-state index in [1.807, 2.05) is 0 Å². The van der Waals surface area contributed by atoms with Gasteiger partial charge in [0.25, 0.3) is 0 Å². The van der Waals surface area contributed by atoms with Gasteiger partial charge < -0.3 is 0 Å². The number of imidazole rings is 1. The maximum Gasteiger partial charge on any atom is 0.146 e. The molecule has 2 nitrogen and oxygen atoms in total. The number of aromatic nitrogens is 2. The van der Waals surface area contributed by atoms with Crippen molar-refractivity contribution in [2.75, 3.05) is 0 Å². The van der Waals surface area contributed by atoms with Gasteiger partial charge in [-0.05, 0) is 50.2 Å². The van der Waals surface area contributed by atoms with Crippen LogP contribution >= 0.6 is 0 Å². The summed E-state index contributed by atoms with van der Waals surface area (Å²) < 4.78 is 2.43. The second kappa shape index (κ2) is 7.32. The van der Waals surface area contributed by atoms with Gasteiger partial charge in [0.2, 0.25) is 0 Å². The molecule has 0 amide bonds. The Hall–Kier alpha value is -3.91. The summed E-state index contributed by atoms with van der Waals surface area (Å²) >= 11 is 0. The first-order valence-corrected chi connectivity index (χ1v) is 13.3. The van der Waals surface area contributed by atoms with E-state index < -0.39 is 0 Å². The van der Waals surface area contributed by atoms with E-state index >= 15 is 0 Å². The molecule has 0 aliphatic heterocycles. The second-order valence-electron chi connectivity index (χ2n) is 12.5. The molecular weight excluding hydrogens is 448 g/mol. The van der Waals surface area contributed by atoms with Crippen LogP contribution in [0.3, 0.4) is 0 Å². The van der Waals surface area contributed by atoms with Crippen LogP contribution in [-0.4, -0.2) is 9.38 Å². The Morgan fingerprint density at radius 3 is 1.78 bits per heavy atom. The third-order valence-electron chi connectivity index (χ3n) is 8.00. The van der Waals surface area contributed by atoms with Gasteiger partial charge in [0.15, 0.2) is 0 Å². The van der Waals surface area contributed by atoms with Gasteiger partial charge in [-0.15, -0.1) is 0 Å². The zero-order valence-electron chi connectivity index (χ0n) is 22.5. The van der Waals surface area contributed by atoms with Gasteiger partial charge in [0.1, 0.15) is 5.65 Å².